The summed E-state index contributed by atoms with van der Waals surface area (Å²) in [7, 11) is 0. The van der Waals surface area contributed by atoms with E-state index in [0.29, 0.717) is 54.6 Å². The number of benzene rings is 12. The monoisotopic (exact) mass is 1110 g/mol. The second-order valence-electron chi connectivity index (χ2n) is 26.0. The van der Waals surface area contributed by atoms with Crippen LogP contribution in [-0.4, -0.2) is 0 Å². The molecule has 0 saturated carbocycles. The number of rotatable bonds is 10. The van der Waals surface area contributed by atoms with Crippen molar-refractivity contribution in [1.82, 2.24) is 0 Å². The molecule has 418 valence electrons. The fraction of sp³-hybridized carbons (Fsp3) is 0.200. The number of nitrogens with zero attached hydrogens (tertiary/aromatic N) is 2. The average Bonchev–Trinajstić information content (AvgIpc) is 0.717. The number of hydrogen-bond acceptors (Lipinski definition) is 2. The molecular weight excluding hydrogens is 1030 g/mol. The fourth-order valence-electron chi connectivity index (χ4n) is 12.5. The van der Waals surface area contributed by atoms with E-state index in [1.165, 1.54) is 9.80 Å². The van der Waals surface area contributed by atoms with Crippen LogP contribution in [0.3, 0.4) is 0 Å². The van der Waals surface area contributed by atoms with E-state index in [9.17, 15) is 5.48 Å². The molecule has 0 atom stereocenters. The Labute approximate surface area is 510 Å². The van der Waals surface area contributed by atoms with E-state index < -0.39 is 82.9 Å². The first-order valence-electron chi connectivity index (χ1n) is 33.7. The molecule has 0 aromatic heterocycles. The lowest BCUT2D eigenvalue weighted by Gasteiger charge is -2.32. The summed E-state index contributed by atoms with van der Waals surface area (Å²) in [6.07, 6.45) is 0. The molecule has 0 amide bonds. The zero-order valence-electron chi connectivity index (χ0n) is 59.8. The second kappa shape index (κ2) is 21.1. The van der Waals surface area contributed by atoms with Gasteiger partial charge in [0.25, 0.3) is 0 Å². The summed E-state index contributed by atoms with van der Waals surface area (Å²) in [6.45, 7) is 25.1. The van der Waals surface area contributed by atoms with Crippen LogP contribution >= 0.6 is 0 Å². The van der Waals surface area contributed by atoms with E-state index >= 15 is 8.78 Å². The smallest absolute Gasteiger partial charge is 0.155 e. The van der Waals surface area contributed by atoms with Crippen molar-refractivity contribution in [1.29, 1.82) is 0 Å². The second-order valence-corrected chi connectivity index (χ2v) is 26.0. The molecule has 0 heterocycles. The predicted molar refractivity (Wildman–Crippen MR) is 356 cm³/mol. The van der Waals surface area contributed by atoms with Crippen LogP contribution in [0, 0.1) is 11.6 Å². The van der Waals surface area contributed by atoms with Gasteiger partial charge in [0.05, 0.1) is 36.5 Å². The van der Waals surface area contributed by atoms with Crippen LogP contribution in [0.1, 0.15) is 119 Å². The molecule has 0 spiro atoms. The first-order chi connectivity index (χ1) is 44.2. The Morgan fingerprint density at radius 3 is 0.917 bits per heavy atom. The molecule has 0 unspecified atom stereocenters. The third-order valence-corrected chi connectivity index (χ3v) is 16.3. The van der Waals surface area contributed by atoms with Crippen LogP contribution in [0.25, 0.3) is 76.8 Å². The maximum absolute atomic E-state index is 19.5. The van der Waals surface area contributed by atoms with Crippen LogP contribution in [0.4, 0.5) is 42.9 Å². The van der Waals surface area contributed by atoms with Crippen molar-refractivity contribution < 1.29 is 22.5 Å². The molecule has 4 heteroatoms. The zero-order valence-corrected chi connectivity index (χ0v) is 49.8. The minimum absolute atomic E-state index is 0.0924. The average molecular weight is 1110 g/mol. The molecule has 84 heavy (non-hydrogen) atoms. The van der Waals surface area contributed by atoms with Gasteiger partial charge in [-0.05, 0) is 147 Å². The van der Waals surface area contributed by atoms with Crippen LogP contribution in [0.5, 0.6) is 0 Å². The Hall–Kier alpha value is -8.86. The molecule has 0 N–H and O–H groups in total. The Morgan fingerprint density at radius 2 is 0.583 bits per heavy atom. The highest BCUT2D eigenvalue weighted by atomic mass is 19.1. The Balaban J connectivity index is 1.20. The number of halogens is 2. The molecule has 0 aliphatic rings. The van der Waals surface area contributed by atoms with Gasteiger partial charge in [0.2, 0.25) is 0 Å². The topological polar surface area (TPSA) is 6.48 Å². The van der Waals surface area contributed by atoms with Gasteiger partial charge in [-0.25, -0.2) is 8.78 Å². The van der Waals surface area contributed by atoms with Crippen LogP contribution in [0.2, 0.25) is 0 Å². The van der Waals surface area contributed by atoms with Crippen molar-refractivity contribution in [2.24, 2.45) is 0 Å². The van der Waals surface area contributed by atoms with E-state index in [4.69, 9.17) is 8.22 Å². The van der Waals surface area contributed by atoms with Gasteiger partial charge in [-0.15, -0.1) is 0 Å². The van der Waals surface area contributed by atoms with Crippen LogP contribution in [-0.2, 0) is 21.7 Å². The molecule has 0 aliphatic carbocycles. The van der Waals surface area contributed by atoms with E-state index in [1.807, 2.05) is 146 Å². The van der Waals surface area contributed by atoms with E-state index in [0.717, 1.165) is 33.4 Å². The van der Waals surface area contributed by atoms with Crippen molar-refractivity contribution in [3.05, 3.63) is 264 Å². The molecule has 12 aromatic rings. The highest BCUT2D eigenvalue weighted by molar-refractivity contribution is 6.28. The Kier molecular flexibility index (Phi) is 11.2. The third kappa shape index (κ3) is 9.79. The van der Waals surface area contributed by atoms with Crippen LogP contribution < -0.4 is 9.80 Å². The van der Waals surface area contributed by atoms with Gasteiger partial charge >= 0.3 is 0 Å². The molecule has 0 radical (unpaired) electrons. The lowest BCUT2D eigenvalue weighted by molar-refractivity contribution is 0.589. The largest absolute Gasteiger partial charge is 0.307 e. The van der Waals surface area contributed by atoms with E-state index in [1.54, 1.807) is 24.3 Å². The SMILES string of the molecule is [2H]c1c([2H])c([2H])c(N(c2ccc(-c3ccccc3C(C)(C)C)c(-c3ccccc3C(C)(C)C)c2F)c2ccc3ccc4c(N(c5ccc(-c6ccccc6C(C)(C)C)c(-c6ccccc6C(C)(C)C)c5F)c5c([2H])c([2H])c([2H])c([2H])c5[2H])ccc5ccc2c3c54)c([2H])c1[2H]. The quantitative estimate of drug-likeness (QED) is 0.126. The highest BCUT2D eigenvalue weighted by Crippen LogP contribution is 2.53. The van der Waals surface area contributed by atoms with Gasteiger partial charge in [-0.2, -0.15) is 0 Å². The number of hydrogen-bond donors (Lipinski definition) is 0. The maximum atomic E-state index is 19.5. The van der Waals surface area contributed by atoms with Crippen molar-refractivity contribution in [3.8, 4) is 44.5 Å². The highest BCUT2D eigenvalue weighted by Gasteiger charge is 2.33. The van der Waals surface area contributed by atoms with Gasteiger partial charge < -0.3 is 9.80 Å². The Morgan fingerprint density at radius 1 is 0.298 bits per heavy atom. The summed E-state index contributed by atoms with van der Waals surface area (Å²) < 4.78 is 132. The van der Waals surface area contributed by atoms with Crippen molar-refractivity contribution in [3.63, 3.8) is 0 Å². The lowest BCUT2D eigenvalue weighted by atomic mass is 9.77. The summed E-state index contributed by atoms with van der Waals surface area (Å²) in [6, 6.07) is 47.0. The van der Waals surface area contributed by atoms with Gasteiger partial charge in [-0.1, -0.05) is 265 Å². The first-order valence-corrected chi connectivity index (χ1v) is 28.7. The molecule has 0 bridgehead atoms. The maximum Gasteiger partial charge on any atom is 0.155 e. The fourth-order valence-corrected chi connectivity index (χ4v) is 12.5. The van der Waals surface area contributed by atoms with E-state index in [2.05, 4.69) is 83.1 Å². The summed E-state index contributed by atoms with van der Waals surface area (Å²) in [4.78, 5) is 2.88. The van der Waals surface area contributed by atoms with Gasteiger partial charge in [0.1, 0.15) is 0 Å². The summed E-state index contributed by atoms with van der Waals surface area (Å²) in [5, 5.41) is 3.59. The zero-order chi connectivity index (χ0) is 67.7. The van der Waals surface area contributed by atoms with Gasteiger partial charge in [0.15, 0.2) is 11.6 Å². The first kappa shape index (κ1) is 44.7. The van der Waals surface area contributed by atoms with E-state index in [-0.39, 0.29) is 56.1 Å². The van der Waals surface area contributed by atoms with Crippen LogP contribution in [0.15, 0.2) is 230 Å². The summed E-state index contributed by atoms with van der Waals surface area (Å²) >= 11 is 0. The van der Waals surface area contributed by atoms with Gasteiger partial charge in [0, 0.05) is 33.3 Å². The molecule has 12 aromatic carbocycles. The number of para-hydroxylation sites is 2. The molecule has 0 fully saturated rings. The van der Waals surface area contributed by atoms with Crippen molar-refractivity contribution in [2.75, 3.05) is 9.80 Å². The molecule has 0 aliphatic heterocycles. The normalized spacial score (nSPS) is 14.1. The number of anilines is 6. The molecule has 2 nitrogen and oxygen atoms in total. The standard InChI is InChI=1S/C80H74F2N2/c1-77(2,3)63-35-23-19-31-55(63)57-45-49-69(75(81)73(57)59-33-21-25-37-65(59)79(7,8)9)83(53-27-15-13-16-28-53)67-47-41-51-40-44-62-68(48-42-52-39-43-61(67)71(51)72(52)62)84(54-29-17-14-18-30-54)70-50-46-58(56-32-20-24-36-64(56)78(4,5)6)74(76(70)82)60-34-22-26-38-66(60)80(10,11)12/h13-50H,1-12H3/i13D,14D,15D,16D,17D,18D,27D,28D,29D,30D. The molecule has 12 rings (SSSR count). The predicted octanol–water partition coefficient (Wildman–Crippen LogP) is 23.7. The van der Waals surface area contributed by atoms with Crippen molar-refractivity contribution >= 4 is 66.4 Å². The third-order valence-electron chi connectivity index (χ3n) is 16.3. The van der Waals surface area contributed by atoms with Gasteiger partial charge in [-0.3, -0.25) is 0 Å². The lowest BCUT2D eigenvalue weighted by Crippen LogP contribution is -2.16. The Bertz CT molecular complexity index is 4690. The minimum Gasteiger partial charge on any atom is -0.307 e. The minimum atomic E-state index is -0.702. The molecule has 0 saturated heterocycles. The van der Waals surface area contributed by atoms with Crippen molar-refractivity contribution in [2.45, 2.75) is 105 Å². The summed E-state index contributed by atoms with van der Waals surface area (Å²) in [5.41, 5.74) is 6.28. The molecular formula is C80H74F2N2. The summed E-state index contributed by atoms with van der Waals surface area (Å²) in [5.74, 6) is -1.40.